The van der Waals surface area contributed by atoms with E-state index in [1.54, 1.807) is 28.6 Å². The quantitative estimate of drug-likeness (QED) is 0.795. The first-order valence-electron chi connectivity index (χ1n) is 10.7. The number of amides is 1. The molecule has 6 nitrogen and oxygen atoms in total. The minimum Gasteiger partial charge on any atom is -0.325 e. The van der Waals surface area contributed by atoms with Crippen molar-refractivity contribution in [2.45, 2.75) is 43.5 Å². The zero-order valence-corrected chi connectivity index (χ0v) is 18.0. The molecular weight excluding hydrogens is 398 g/mol. The van der Waals surface area contributed by atoms with Crippen molar-refractivity contribution in [3.63, 3.8) is 0 Å². The number of hydrogen-bond donors (Lipinski definition) is 1. The van der Waals surface area contributed by atoms with Crippen LogP contribution >= 0.6 is 0 Å². The third-order valence-electron chi connectivity index (χ3n) is 5.92. The number of anilines is 1. The fourth-order valence-electron chi connectivity index (χ4n) is 4.23. The van der Waals surface area contributed by atoms with Gasteiger partial charge in [-0.25, -0.2) is 8.42 Å². The molecule has 0 aliphatic carbocycles. The highest BCUT2D eigenvalue weighted by atomic mass is 32.2. The first kappa shape index (κ1) is 21.0. The highest BCUT2D eigenvalue weighted by molar-refractivity contribution is 7.89. The maximum atomic E-state index is 12.9. The molecule has 1 fully saturated rings. The van der Waals surface area contributed by atoms with Crippen LogP contribution in [0.1, 0.15) is 36.8 Å². The van der Waals surface area contributed by atoms with Crippen LogP contribution in [-0.2, 0) is 27.8 Å². The number of sulfonamides is 1. The third kappa shape index (κ3) is 4.91. The first-order valence-corrected chi connectivity index (χ1v) is 12.2. The Morgan fingerprint density at radius 3 is 2.23 bits per heavy atom. The molecule has 2 aliphatic rings. The van der Waals surface area contributed by atoms with E-state index in [-0.39, 0.29) is 10.8 Å². The van der Waals surface area contributed by atoms with Crippen molar-refractivity contribution in [3.05, 3.63) is 59.7 Å². The predicted octanol–water partition coefficient (Wildman–Crippen LogP) is 3.25. The summed E-state index contributed by atoms with van der Waals surface area (Å²) in [5.74, 6) is -0.0856. The lowest BCUT2D eigenvalue weighted by atomic mass is 10.00. The van der Waals surface area contributed by atoms with Crippen molar-refractivity contribution >= 4 is 21.6 Å². The Balaban J connectivity index is 1.35. The molecule has 4 rings (SSSR count). The van der Waals surface area contributed by atoms with E-state index in [1.165, 1.54) is 11.1 Å². The van der Waals surface area contributed by atoms with E-state index in [0.717, 1.165) is 45.2 Å². The maximum Gasteiger partial charge on any atom is 0.243 e. The van der Waals surface area contributed by atoms with Crippen LogP contribution < -0.4 is 5.32 Å². The van der Waals surface area contributed by atoms with Gasteiger partial charge >= 0.3 is 0 Å². The van der Waals surface area contributed by atoms with Crippen LogP contribution in [0.5, 0.6) is 0 Å². The lowest BCUT2D eigenvalue weighted by Gasteiger charge is -2.28. The lowest BCUT2D eigenvalue weighted by Crippen LogP contribution is -2.37. The first-order chi connectivity index (χ1) is 14.5. The van der Waals surface area contributed by atoms with Gasteiger partial charge in [-0.2, -0.15) is 4.31 Å². The number of carbonyl (C=O) groups is 1. The molecule has 0 bridgehead atoms. The Morgan fingerprint density at radius 1 is 0.867 bits per heavy atom. The van der Waals surface area contributed by atoms with Gasteiger partial charge in [0.2, 0.25) is 15.9 Å². The number of hydrogen-bond acceptors (Lipinski definition) is 4. The monoisotopic (exact) mass is 427 g/mol. The largest absolute Gasteiger partial charge is 0.325 e. The van der Waals surface area contributed by atoms with E-state index in [1.807, 2.05) is 6.07 Å². The topological polar surface area (TPSA) is 69.7 Å². The fraction of sp³-hybridized carbons (Fsp3) is 0.435. The predicted molar refractivity (Wildman–Crippen MR) is 118 cm³/mol. The second-order valence-electron chi connectivity index (χ2n) is 8.12. The molecule has 0 unspecified atom stereocenters. The zero-order valence-electron chi connectivity index (χ0n) is 17.2. The number of carbonyl (C=O) groups excluding carboxylic acids is 1. The number of nitrogens with one attached hydrogen (secondary N) is 1. The van der Waals surface area contributed by atoms with Crippen molar-refractivity contribution in [1.82, 2.24) is 9.21 Å². The molecule has 7 heteroatoms. The normalized spacial score (nSPS) is 18.4. The van der Waals surface area contributed by atoms with Crippen molar-refractivity contribution in [3.8, 4) is 0 Å². The van der Waals surface area contributed by atoms with Gasteiger partial charge in [0, 0.05) is 31.9 Å². The molecule has 1 amide bonds. The summed E-state index contributed by atoms with van der Waals surface area (Å²) in [6, 6.07) is 14.9. The Hall–Kier alpha value is -2.22. The molecular formula is C23H29N3O3S. The highest BCUT2D eigenvalue weighted by Gasteiger charge is 2.25. The van der Waals surface area contributed by atoms with Gasteiger partial charge in [-0.1, -0.05) is 37.1 Å². The van der Waals surface area contributed by atoms with Crippen LogP contribution in [0.2, 0.25) is 0 Å². The van der Waals surface area contributed by atoms with Crippen LogP contribution in [0.25, 0.3) is 0 Å². The summed E-state index contributed by atoms with van der Waals surface area (Å²) in [4.78, 5) is 14.9. The average molecular weight is 428 g/mol. The highest BCUT2D eigenvalue weighted by Crippen LogP contribution is 2.22. The maximum absolute atomic E-state index is 12.9. The Bertz CT molecular complexity index is 981. The number of fused-ring (bicyclic) bond motifs is 1. The molecule has 1 saturated heterocycles. The van der Waals surface area contributed by atoms with Gasteiger partial charge in [0.05, 0.1) is 11.4 Å². The fourth-order valence-corrected chi connectivity index (χ4v) is 5.75. The molecule has 0 saturated carbocycles. The van der Waals surface area contributed by atoms with Crippen molar-refractivity contribution in [2.24, 2.45) is 0 Å². The van der Waals surface area contributed by atoms with Gasteiger partial charge < -0.3 is 5.32 Å². The minimum atomic E-state index is -3.47. The summed E-state index contributed by atoms with van der Waals surface area (Å²) in [5.41, 5.74) is 3.25. The zero-order chi connectivity index (χ0) is 21.0. The number of benzene rings is 2. The van der Waals surface area contributed by atoms with Gasteiger partial charge in [0.15, 0.2) is 0 Å². The van der Waals surface area contributed by atoms with Crippen LogP contribution in [0.3, 0.4) is 0 Å². The molecule has 2 heterocycles. The Kier molecular flexibility index (Phi) is 6.51. The van der Waals surface area contributed by atoms with E-state index in [9.17, 15) is 13.2 Å². The summed E-state index contributed by atoms with van der Waals surface area (Å²) in [6.07, 6.45) is 4.94. The minimum absolute atomic E-state index is 0.0856. The van der Waals surface area contributed by atoms with E-state index >= 15 is 0 Å². The van der Waals surface area contributed by atoms with Crippen molar-refractivity contribution in [2.75, 3.05) is 31.5 Å². The standard InChI is InChI=1S/C23H29N3O3S/c27-23(18-25-16-13-19-7-3-4-8-20(19)17-25)24-21-9-11-22(12-10-21)30(28,29)26-14-5-1-2-6-15-26/h3-4,7-12H,1-2,5-6,13-18H2,(H,24,27). The van der Waals surface area contributed by atoms with Crippen LogP contribution in [0, 0.1) is 0 Å². The molecule has 0 atom stereocenters. The van der Waals surface area contributed by atoms with Gasteiger partial charge in [0.25, 0.3) is 0 Å². The average Bonchev–Trinajstić information content (AvgIpc) is 3.04. The van der Waals surface area contributed by atoms with Crippen molar-refractivity contribution < 1.29 is 13.2 Å². The molecule has 0 spiro atoms. The smallest absolute Gasteiger partial charge is 0.243 e. The van der Waals surface area contributed by atoms with Gasteiger partial charge in [-0.05, 0) is 54.7 Å². The van der Waals surface area contributed by atoms with Gasteiger partial charge in [-0.15, -0.1) is 0 Å². The van der Waals surface area contributed by atoms with Crippen LogP contribution in [0.4, 0.5) is 5.69 Å². The molecule has 2 aromatic rings. The van der Waals surface area contributed by atoms with E-state index in [0.29, 0.717) is 25.3 Å². The lowest BCUT2D eigenvalue weighted by molar-refractivity contribution is -0.117. The van der Waals surface area contributed by atoms with Crippen LogP contribution in [0.15, 0.2) is 53.4 Å². The number of rotatable bonds is 5. The van der Waals surface area contributed by atoms with Gasteiger partial charge in [0.1, 0.15) is 0 Å². The third-order valence-corrected chi connectivity index (χ3v) is 7.83. The Morgan fingerprint density at radius 2 is 1.53 bits per heavy atom. The molecule has 2 aliphatic heterocycles. The summed E-state index contributed by atoms with van der Waals surface area (Å²) < 4.78 is 27.3. The molecule has 160 valence electrons. The van der Waals surface area contributed by atoms with E-state index < -0.39 is 10.0 Å². The van der Waals surface area contributed by atoms with E-state index in [4.69, 9.17) is 0 Å². The summed E-state index contributed by atoms with van der Waals surface area (Å²) in [7, 11) is -3.47. The summed E-state index contributed by atoms with van der Waals surface area (Å²) in [6.45, 7) is 3.12. The Labute approximate surface area is 178 Å². The van der Waals surface area contributed by atoms with Crippen molar-refractivity contribution in [1.29, 1.82) is 0 Å². The second kappa shape index (κ2) is 9.29. The van der Waals surface area contributed by atoms with E-state index in [2.05, 4.69) is 28.4 Å². The molecule has 0 radical (unpaired) electrons. The number of nitrogens with zero attached hydrogens (tertiary/aromatic N) is 2. The second-order valence-corrected chi connectivity index (χ2v) is 10.1. The van der Waals surface area contributed by atoms with Gasteiger partial charge in [-0.3, -0.25) is 9.69 Å². The summed E-state index contributed by atoms with van der Waals surface area (Å²) in [5, 5.41) is 2.89. The van der Waals surface area contributed by atoms with Crippen LogP contribution in [-0.4, -0.2) is 49.7 Å². The molecule has 2 aromatic carbocycles. The molecule has 1 N–H and O–H groups in total. The SMILES string of the molecule is O=C(CN1CCc2ccccc2C1)Nc1ccc(S(=O)(=O)N2CCCCCC2)cc1. The summed E-state index contributed by atoms with van der Waals surface area (Å²) >= 11 is 0. The molecule has 30 heavy (non-hydrogen) atoms. The molecule has 0 aromatic heterocycles.